The van der Waals surface area contributed by atoms with Crippen LogP contribution in [0.15, 0.2) is 66.7 Å². The van der Waals surface area contributed by atoms with Crippen molar-refractivity contribution in [1.82, 2.24) is 0 Å². The molecule has 21 heavy (non-hydrogen) atoms. The zero-order valence-corrected chi connectivity index (χ0v) is 11.6. The Morgan fingerprint density at radius 2 is 1.52 bits per heavy atom. The minimum Gasteiger partial charge on any atom is -0.0801 e. The Balaban J connectivity index is 1.94. The van der Waals surface area contributed by atoms with Gasteiger partial charge in [-0.1, -0.05) is 60.7 Å². The van der Waals surface area contributed by atoms with E-state index in [-0.39, 0.29) is 0 Å². The van der Waals surface area contributed by atoms with Crippen molar-refractivity contribution in [3.8, 4) is 11.1 Å². The molecule has 2 aliphatic carbocycles. The second-order valence-corrected chi connectivity index (χ2v) is 5.77. The molecule has 0 saturated heterocycles. The lowest BCUT2D eigenvalue weighted by Gasteiger charge is -2.05. The van der Waals surface area contributed by atoms with Crippen LogP contribution in [0.25, 0.3) is 33.5 Å². The molecule has 0 heteroatoms. The van der Waals surface area contributed by atoms with Crippen molar-refractivity contribution in [2.24, 2.45) is 0 Å². The van der Waals surface area contributed by atoms with Gasteiger partial charge in [-0.25, -0.2) is 0 Å². The van der Waals surface area contributed by atoms with Gasteiger partial charge in [0.1, 0.15) is 0 Å². The van der Waals surface area contributed by atoms with Gasteiger partial charge in [-0.2, -0.15) is 0 Å². The van der Waals surface area contributed by atoms with Crippen molar-refractivity contribution in [2.75, 3.05) is 0 Å². The molecule has 0 N–H and O–H groups in total. The molecule has 0 atom stereocenters. The van der Waals surface area contributed by atoms with E-state index in [2.05, 4.69) is 72.8 Å². The van der Waals surface area contributed by atoms with Crippen LogP contribution >= 0.6 is 0 Å². The molecule has 0 heterocycles. The molecule has 0 unspecified atom stereocenters. The topological polar surface area (TPSA) is 0 Å². The molecule has 5 rings (SSSR count). The van der Waals surface area contributed by atoms with Crippen LogP contribution in [0.5, 0.6) is 0 Å². The molecule has 0 amide bonds. The standard InChI is InChI=1S/C21H14/c1-2-8-16-13-20-18-11-5-9-14-6-3-4-10-17(21(14)18)19(20)12-15(16)7-1/h1-3,5-13H,4H2. The van der Waals surface area contributed by atoms with Crippen LogP contribution in [0.1, 0.15) is 23.1 Å². The Morgan fingerprint density at radius 1 is 0.714 bits per heavy atom. The summed E-state index contributed by atoms with van der Waals surface area (Å²) in [4.78, 5) is 0. The van der Waals surface area contributed by atoms with Gasteiger partial charge < -0.3 is 0 Å². The first-order valence-corrected chi connectivity index (χ1v) is 7.45. The second-order valence-electron chi connectivity index (χ2n) is 5.77. The molecule has 0 fully saturated rings. The summed E-state index contributed by atoms with van der Waals surface area (Å²) >= 11 is 0. The number of rotatable bonds is 0. The van der Waals surface area contributed by atoms with Crippen molar-refractivity contribution in [2.45, 2.75) is 6.42 Å². The van der Waals surface area contributed by atoms with Crippen molar-refractivity contribution < 1.29 is 0 Å². The highest BCUT2D eigenvalue weighted by Crippen LogP contribution is 2.48. The van der Waals surface area contributed by atoms with Gasteiger partial charge in [-0.15, -0.1) is 0 Å². The van der Waals surface area contributed by atoms with Crippen molar-refractivity contribution in [3.05, 3.63) is 83.4 Å². The number of benzene rings is 3. The third-order valence-electron chi connectivity index (χ3n) is 4.59. The lowest BCUT2D eigenvalue weighted by Crippen LogP contribution is -1.84. The van der Waals surface area contributed by atoms with Crippen molar-refractivity contribution in [1.29, 1.82) is 0 Å². The van der Waals surface area contributed by atoms with E-state index in [0.717, 1.165) is 6.42 Å². The van der Waals surface area contributed by atoms with Gasteiger partial charge in [0.2, 0.25) is 0 Å². The second kappa shape index (κ2) is 3.95. The van der Waals surface area contributed by atoms with Crippen LogP contribution in [-0.2, 0) is 0 Å². The smallest absolute Gasteiger partial charge is 0.00296 e. The van der Waals surface area contributed by atoms with E-state index in [9.17, 15) is 0 Å². The summed E-state index contributed by atoms with van der Waals surface area (Å²) in [6.45, 7) is 0. The van der Waals surface area contributed by atoms with Crippen LogP contribution in [0.4, 0.5) is 0 Å². The molecule has 98 valence electrons. The molecule has 0 spiro atoms. The molecular weight excluding hydrogens is 252 g/mol. The molecule has 0 aliphatic heterocycles. The molecule has 0 bridgehead atoms. The van der Waals surface area contributed by atoms with Gasteiger partial charge in [0.15, 0.2) is 0 Å². The largest absolute Gasteiger partial charge is 0.0801 e. The fraction of sp³-hybridized carbons (Fsp3) is 0.0476. The van der Waals surface area contributed by atoms with E-state index in [4.69, 9.17) is 0 Å². The highest BCUT2D eigenvalue weighted by molar-refractivity contribution is 6.07. The zero-order valence-electron chi connectivity index (χ0n) is 11.6. The van der Waals surface area contributed by atoms with Crippen LogP contribution in [-0.4, -0.2) is 0 Å². The summed E-state index contributed by atoms with van der Waals surface area (Å²) in [6, 6.07) is 20.0. The summed E-state index contributed by atoms with van der Waals surface area (Å²) in [7, 11) is 0. The quantitative estimate of drug-likeness (QED) is 0.385. The molecule has 0 aromatic heterocycles. The van der Waals surface area contributed by atoms with E-state index < -0.39 is 0 Å². The SMILES string of the molecule is C1=Cc2cccc3c2C(=CC1)c1cc2ccccc2cc1-3. The summed E-state index contributed by atoms with van der Waals surface area (Å²) in [6.07, 6.45) is 7.89. The van der Waals surface area contributed by atoms with Crippen LogP contribution in [0, 0.1) is 0 Å². The Hall–Kier alpha value is -2.60. The van der Waals surface area contributed by atoms with Gasteiger partial charge >= 0.3 is 0 Å². The number of hydrogen-bond donors (Lipinski definition) is 0. The molecule has 0 saturated carbocycles. The highest BCUT2D eigenvalue weighted by atomic mass is 14.3. The summed E-state index contributed by atoms with van der Waals surface area (Å²) in [5.74, 6) is 0. The maximum absolute atomic E-state index is 2.37. The molecule has 0 nitrogen and oxygen atoms in total. The molecule has 0 radical (unpaired) electrons. The Kier molecular flexibility index (Phi) is 2.09. The monoisotopic (exact) mass is 266 g/mol. The van der Waals surface area contributed by atoms with E-state index >= 15 is 0 Å². The van der Waals surface area contributed by atoms with Crippen LogP contribution < -0.4 is 0 Å². The average molecular weight is 266 g/mol. The third kappa shape index (κ3) is 1.45. The minimum absolute atomic E-state index is 1.01. The first-order valence-electron chi connectivity index (χ1n) is 7.45. The van der Waals surface area contributed by atoms with Gasteiger partial charge in [0.05, 0.1) is 0 Å². The molecule has 2 aliphatic rings. The number of fused-ring (bicyclic) bond motifs is 4. The number of hydrogen-bond acceptors (Lipinski definition) is 0. The Bertz CT molecular complexity index is 955. The Labute approximate surface area is 124 Å². The van der Waals surface area contributed by atoms with Crippen LogP contribution in [0.2, 0.25) is 0 Å². The first kappa shape index (κ1) is 11.1. The molecular formula is C21H14. The fourth-order valence-corrected chi connectivity index (χ4v) is 3.65. The lowest BCUT2D eigenvalue weighted by molar-refractivity contribution is 1.42. The van der Waals surface area contributed by atoms with Crippen LogP contribution in [0.3, 0.4) is 0 Å². The third-order valence-corrected chi connectivity index (χ3v) is 4.59. The predicted octanol–water partition coefficient (Wildman–Crippen LogP) is 5.67. The predicted molar refractivity (Wildman–Crippen MR) is 90.1 cm³/mol. The van der Waals surface area contributed by atoms with Gasteiger partial charge in [-0.05, 0) is 62.7 Å². The van der Waals surface area contributed by atoms with E-state index in [0.29, 0.717) is 0 Å². The normalized spacial score (nSPS) is 14.6. The lowest BCUT2D eigenvalue weighted by atomic mass is 9.99. The summed E-state index contributed by atoms with van der Waals surface area (Å²) < 4.78 is 0. The number of allylic oxidation sites excluding steroid dienone is 2. The maximum atomic E-state index is 2.37. The zero-order chi connectivity index (χ0) is 13.8. The van der Waals surface area contributed by atoms with Gasteiger partial charge in [0.25, 0.3) is 0 Å². The first-order chi connectivity index (χ1) is 10.4. The Morgan fingerprint density at radius 3 is 2.38 bits per heavy atom. The molecule has 3 aromatic carbocycles. The summed E-state index contributed by atoms with van der Waals surface area (Å²) in [5, 5.41) is 2.64. The maximum Gasteiger partial charge on any atom is -0.00296 e. The van der Waals surface area contributed by atoms with E-state index in [1.807, 2.05) is 0 Å². The van der Waals surface area contributed by atoms with Gasteiger partial charge in [0, 0.05) is 0 Å². The fourth-order valence-electron chi connectivity index (χ4n) is 3.65. The summed E-state index contributed by atoms with van der Waals surface area (Å²) in [5.41, 5.74) is 8.32. The van der Waals surface area contributed by atoms with Crippen molar-refractivity contribution in [3.63, 3.8) is 0 Å². The highest BCUT2D eigenvalue weighted by Gasteiger charge is 2.26. The average Bonchev–Trinajstić information content (AvgIpc) is 2.69. The van der Waals surface area contributed by atoms with E-state index in [1.54, 1.807) is 0 Å². The molecule has 3 aromatic rings. The minimum atomic E-state index is 1.01. The van der Waals surface area contributed by atoms with Gasteiger partial charge in [-0.3, -0.25) is 0 Å². The van der Waals surface area contributed by atoms with E-state index in [1.165, 1.54) is 44.2 Å². The van der Waals surface area contributed by atoms with Crippen molar-refractivity contribution >= 4 is 22.4 Å².